The molecule has 188 valence electrons. The van der Waals surface area contributed by atoms with Gasteiger partial charge >= 0.3 is 11.9 Å². The first-order valence-corrected chi connectivity index (χ1v) is 12.5. The maximum absolute atomic E-state index is 13.1. The van der Waals surface area contributed by atoms with Crippen molar-refractivity contribution in [3.05, 3.63) is 70.7 Å². The zero-order valence-electron chi connectivity index (χ0n) is 19.8. The number of nitrogens with zero attached hydrogens (tertiary/aromatic N) is 2. The number of halogens is 1. The minimum atomic E-state index is -1.82. The largest absolute Gasteiger partial charge is 0.473 e. The normalized spacial score (nSPS) is 18.9. The molecule has 1 atom stereocenters. The Kier molecular flexibility index (Phi) is 10.1. The molecule has 0 aromatic heterocycles. The van der Waals surface area contributed by atoms with Crippen molar-refractivity contribution in [2.24, 2.45) is 11.8 Å². The number of carbonyl (C=O) groups excluding carboxylic acids is 1. The van der Waals surface area contributed by atoms with Gasteiger partial charge in [0.05, 0.1) is 5.92 Å². The lowest BCUT2D eigenvalue weighted by atomic mass is 9.89. The summed E-state index contributed by atoms with van der Waals surface area (Å²) < 4.78 is 0. The van der Waals surface area contributed by atoms with Gasteiger partial charge in [-0.15, -0.1) is 0 Å². The molecule has 2 aromatic carbocycles. The average Bonchev–Trinajstić information content (AvgIpc) is 2.85. The van der Waals surface area contributed by atoms with Crippen LogP contribution in [0.15, 0.2) is 54.6 Å². The fraction of sp³-hybridized carbons (Fsp3) is 0.444. The van der Waals surface area contributed by atoms with Crippen LogP contribution in [0.1, 0.15) is 36.8 Å². The van der Waals surface area contributed by atoms with Gasteiger partial charge in [-0.25, -0.2) is 9.59 Å². The lowest BCUT2D eigenvalue weighted by molar-refractivity contribution is -0.159. The highest BCUT2D eigenvalue weighted by atomic mass is 35.5. The Balaban J connectivity index is 0.000000509. The number of likely N-dealkylation sites (tertiary alicyclic amines) is 2. The van der Waals surface area contributed by atoms with E-state index in [9.17, 15) is 4.79 Å². The molecule has 0 bridgehead atoms. The van der Waals surface area contributed by atoms with E-state index in [1.807, 2.05) is 18.2 Å². The van der Waals surface area contributed by atoms with Crippen molar-refractivity contribution in [3.8, 4) is 0 Å². The van der Waals surface area contributed by atoms with Gasteiger partial charge in [0.15, 0.2) is 0 Å². The molecular formula is C27H33ClN2O5. The predicted molar refractivity (Wildman–Crippen MR) is 134 cm³/mol. The number of rotatable bonds is 5. The number of amides is 1. The molecular weight excluding hydrogens is 468 g/mol. The van der Waals surface area contributed by atoms with E-state index in [0.717, 1.165) is 69.9 Å². The van der Waals surface area contributed by atoms with Crippen molar-refractivity contribution >= 4 is 29.4 Å². The minimum absolute atomic E-state index is 0.147. The van der Waals surface area contributed by atoms with Crippen LogP contribution in [0.4, 0.5) is 0 Å². The summed E-state index contributed by atoms with van der Waals surface area (Å²) in [5.74, 6) is -2.43. The van der Waals surface area contributed by atoms with Crippen molar-refractivity contribution in [2.75, 3.05) is 26.2 Å². The van der Waals surface area contributed by atoms with E-state index in [0.29, 0.717) is 11.8 Å². The Hall–Kier alpha value is -2.90. The van der Waals surface area contributed by atoms with Crippen LogP contribution < -0.4 is 0 Å². The van der Waals surface area contributed by atoms with E-state index in [1.54, 1.807) is 0 Å². The Morgan fingerprint density at radius 1 is 0.857 bits per heavy atom. The third-order valence-electron chi connectivity index (χ3n) is 6.63. The Morgan fingerprint density at radius 3 is 2.14 bits per heavy atom. The second kappa shape index (κ2) is 13.3. The van der Waals surface area contributed by atoms with Gasteiger partial charge in [0, 0.05) is 31.2 Å². The molecule has 2 aliphatic rings. The Bertz CT molecular complexity index is 980. The topological polar surface area (TPSA) is 98.2 Å². The minimum Gasteiger partial charge on any atom is -0.473 e. The zero-order valence-corrected chi connectivity index (χ0v) is 20.6. The first-order chi connectivity index (χ1) is 16.8. The summed E-state index contributed by atoms with van der Waals surface area (Å²) in [6.45, 7) is 4.65. The molecule has 8 heteroatoms. The van der Waals surface area contributed by atoms with Crippen LogP contribution in [0, 0.1) is 11.8 Å². The van der Waals surface area contributed by atoms with Gasteiger partial charge in [0.25, 0.3) is 0 Å². The van der Waals surface area contributed by atoms with Gasteiger partial charge in [0.1, 0.15) is 0 Å². The number of benzene rings is 2. The number of carboxylic acid groups (broad SMARTS) is 2. The van der Waals surface area contributed by atoms with E-state index < -0.39 is 11.9 Å². The van der Waals surface area contributed by atoms with Gasteiger partial charge in [-0.3, -0.25) is 9.69 Å². The molecule has 1 unspecified atom stereocenters. The van der Waals surface area contributed by atoms with E-state index in [4.69, 9.17) is 31.4 Å². The number of carboxylic acids is 2. The maximum atomic E-state index is 13.1. The molecule has 2 N–H and O–H groups in total. The fourth-order valence-electron chi connectivity index (χ4n) is 4.86. The van der Waals surface area contributed by atoms with Gasteiger partial charge in [-0.2, -0.15) is 0 Å². The average molecular weight is 501 g/mol. The van der Waals surface area contributed by atoms with Gasteiger partial charge in [-0.05, 0) is 67.8 Å². The monoisotopic (exact) mass is 500 g/mol. The van der Waals surface area contributed by atoms with E-state index in [1.165, 1.54) is 11.1 Å². The smallest absolute Gasteiger partial charge is 0.414 e. The van der Waals surface area contributed by atoms with Crippen molar-refractivity contribution in [1.29, 1.82) is 0 Å². The first kappa shape index (κ1) is 26.7. The van der Waals surface area contributed by atoms with Crippen LogP contribution >= 0.6 is 11.6 Å². The molecule has 2 aromatic rings. The molecule has 0 spiro atoms. The summed E-state index contributed by atoms with van der Waals surface area (Å²) >= 11 is 6.13. The van der Waals surface area contributed by atoms with Crippen molar-refractivity contribution in [3.63, 3.8) is 0 Å². The molecule has 0 radical (unpaired) electrons. The molecule has 0 saturated carbocycles. The van der Waals surface area contributed by atoms with Crippen LogP contribution in [-0.2, 0) is 27.3 Å². The van der Waals surface area contributed by atoms with Crippen molar-refractivity contribution in [1.82, 2.24) is 9.80 Å². The molecule has 2 saturated heterocycles. The van der Waals surface area contributed by atoms with Crippen LogP contribution in [0.3, 0.4) is 0 Å². The summed E-state index contributed by atoms with van der Waals surface area (Å²) in [6, 6.07) is 18.8. The number of hydrogen-bond donors (Lipinski definition) is 2. The number of carbonyl (C=O) groups is 3. The van der Waals surface area contributed by atoms with Crippen LogP contribution in [0.5, 0.6) is 0 Å². The highest BCUT2D eigenvalue weighted by molar-refractivity contribution is 6.30. The fourth-order valence-corrected chi connectivity index (χ4v) is 5.07. The first-order valence-electron chi connectivity index (χ1n) is 12.1. The molecule has 4 rings (SSSR count). The molecule has 2 aliphatic heterocycles. The van der Waals surface area contributed by atoms with Crippen LogP contribution in [0.2, 0.25) is 5.02 Å². The number of aliphatic carboxylic acids is 2. The standard InChI is InChI=1S/C25H31ClN2O.C2H2O4/c26-24-10-4-8-22(17-24)18-27-13-5-9-23(19-27)25(29)28-14-11-21(12-15-28)16-20-6-2-1-3-7-20;3-1(4)2(5)6/h1-4,6-8,10,17,21,23H,5,9,11-16,18-19H2;(H,3,4)(H,5,6). The van der Waals surface area contributed by atoms with Crippen LogP contribution in [-0.4, -0.2) is 64.0 Å². The van der Waals surface area contributed by atoms with E-state index in [-0.39, 0.29) is 5.92 Å². The summed E-state index contributed by atoms with van der Waals surface area (Å²) in [4.78, 5) is 35.9. The SMILES string of the molecule is O=C(C1CCCN(Cc2cccc(Cl)c2)C1)N1CCC(Cc2ccccc2)CC1.O=C(O)C(=O)O. The second-order valence-corrected chi connectivity index (χ2v) is 9.71. The van der Waals surface area contributed by atoms with Crippen molar-refractivity contribution in [2.45, 2.75) is 38.6 Å². The number of piperidine rings is 2. The number of hydrogen-bond acceptors (Lipinski definition) is 4. The third kappa shape index (κ3) is 8.67. The Morgan fingerprint density at radius 2 is 1.51 bits per heavy atom. The highest BCUT2D eigenvalue weighted by Gasteiger charge is 2.31. The van der Waals surface area contributed by atoms with Crippen molar-refractivity contribution < 1.29 is 24.6 Å². The lowest BCUT2D eigenvalue weighted by Crippen LogP contribution is -2.47. The summed E-state index contributed by atoms with van der Waals surface area (Å²) in [6.07, 6.45) is 5.51. The quantitative estimate of drug-likeness (QED) is 0.597. The predicted octanol–water partition coefficient (Wildman–Crippen LogP) is 4.19. The second-order valence-electron chi connectivity index (χ2n) is 9.27. The summed E-state index contributed by atoms with van der Waals surface area (Å²) in [5, 5.41) is 15.6. The third-order valence-corrected chi connectivity index (χ3v) is 6.86. The van der Waals surface area contributed by atoms with Crippen LogP contribution in [0.25, 0.3) is 0 Å². The molecule has 2 heterocycles. The van der Waals surface area contributed by atoms with Gasteiger partial charge < -0.3 is 15.1 Å². The Labute approximate surface area is 211 Å². The molecule has 7 nitrogen and oxygen atoms in total. The lowest BCUT2D eigenvalue weighted by Gasteiger charge is -2.38. The molecule has 0 aliphatic carbocycles. The summed E-state index contributed by atoms with van der Waals surface area (Å²) in [5.41, 5.74) is 2.65. The molecule has 2 fully saturated rings. The highest BCUT2D eigenvalue weighted by Crippen LogP contribution is 2.26. The zero-order chi connectivity index (χ0) is 25.2. The van der Waals surface area contributed by atoms with E-state index in [2.05, 4.69) is 46.2 Å². The molecule has 1 amide bonds. The summed E-state index contributed by atoms with van der Waals surface area (Å²) in [7, 11) is 0. The van der Waals surface area contributed by atoms with E-state index >= 15 is 0 Å². The molecule has 35 heavy (non-hydrogen) atoms. The maximum Gasteiger partial charge on any atom is 0.414 e. The van der Waals surface area contributed by atoms with Gasteiger partial charge in [0.2, 0.25) is 5.91 Å². The van der Waals surface area contributed by atoms with Gasteiger partial charge in [-0.1, -0.05) is 54.1 Å².